The summed E-state index contributed by atoms with van der Waals surface area (Å²) in [6.45, 7) is 8.92. The van der Waals surface area contributed by atoms with Gasteiger partial charge in [-0.25, -0.2) is 0 Å². The van der Waals surface area contributed by atoms with Gasteiger partial charge in [-0.1, -0.05) is 38.0 Å². The minimum atomic E-state index is -0.0807. The van der Waals surface area contributed by atoms with Gasteiger partial charge in [0, 0.05) is 21.7 Å². The molecule has 0 aliphatic heterocycles. The molecule has 2 atom stereocenters. The highest BCUT2D eigenvalue weighted by Crippen LogP contribution is 2.39. The Morgan fingerprint density at radius 1 is 1.38 bits per heavy atom. The predicted octanol–water partition coefficient (Wildman–Crippen LogP) is 4.07. The second-order valence-corrected chi connectivity index (χ2v) is 8.18. The van der Waals surface area contributed by atoms with Crippen LogP contribution in [0.4, 0.5) is 0 Å². The maximum atomic E-state index is 9.89. The zero-order valence-electron chi connectivity index (χ0n) is 13.8. The smallest absolute Gasteiger partial charge is 0.0613 e. The lowest BCUT2D eigenvalue weighted by Gasteiger charge is -2.41. The number of thioether (sulfide) groups is 1. The second kappa shape index (κ2) is 7.17. The highest BCUT2D eigenvalue weighted by molar-refractivity contribution is 8.00. The summed E-state index contributed by atoms with van der Waals surface area (Å²) >= 11 is 1.99. The zero-order chi connectivity index (χ0) is 15.5. The van der Waals surface area contributed by atoms with Crippen LogP contribution in [0.5, 0.6) is 0 Å². The maximum Gasteiger partial charge on any atom is 0.0613 e. The molecule has 2 unspecified atom stereocenters. The van der Waals surface area contributed by atoms with E-state index in [2.05, 4.69) is 51.2 Å². The number of benzene rings is 1. The van der Waals surface area contributed by atoms with E-state index >= 15 is 0 Å². The van der Waals surface area contributed by atoms with Crippen LogP contribution >= 0.6 is 11.8 Å². The summed E-state index contributed by atoms with van der Waals surface area (Å²) in [7, 11) is 0. The van der Waals surface area contributed by atoms with Crippen LogP contribution in [0.15, 0.2) is 23.1 Å². The first kappa shape index (κ1) is 16.9. The summed E-state index contributed by atoms with van der Waals surface area (Å²) in [6.07, 6.45) is 4.59. The molecule has 0 aromatic heterocycles. The lowest BCUT2D eigenvalue weighted by Crippen LogP contribution is -2.54. The van der Waals surface area contributed by atoms with Crippen LogP contribution in [0.2, 0.25) is 0 Å². The molecule has 1 aromatic carbocycles. The fourth-order valence-corrected chi connectivity index (χ4v) is 4.89. The van der Waals surface area contributed by atoms with Crippen molar-refractivity contribution in [2.24, 2.45) is 0 Å². The first-order valence-corrected chi connectivity index (χ1v) is 8.94. The van der Waals surface area contributed by atoms with Crippen molar-refractivity contribution in [3.8, 4) is 0 Å². The van der Waals surface area contributed by atoms with E-state index in [-0.39, 0.29) is 12.1 Å². The van der Waals surface area contributed by atoms with Gasteiger partial charge in [0.15, 0.2) is 0 Å². The van der Waals surface area contributed by atoms with Gasteiger partial charge in [0.2, 0.25) is 0 Å². The Morgan fingerprint density at radius 3 is 2.76 bits per heavy atom. The van der Waals surface area contributed by atoms with Crippen molar-refractivity contribution in [3.05, 3.63) is 29.3 Å². The van der Waals surface area contributed by atoms with Crippen molar-refractivity contribution < 1.29 is 5.11 Å². The van der Waals surface area contributed by atoms with Gasteiger partial charge in [0.25, 0.3) is 0 Å². The molecule has 118 valence electrons. The van der Waals surface area contributed by atoms with Gasteiger partial charge < -0.3 is 10.4 Å². The van der Waals surface area contributed by atoms with Gasteiger partial charge >= 0.3 is 0 Å². The quantitative estimate of drug-likeness (QED) is 0.860. The Labute approximate surface area is 133 Å². The number of hydrogen-bond donors (Lipinski definition) is 2. The van der Waals surface area contributed by atoms with Gasteiger partial charge in [0.1, 0.15) is 0 Å². The standard InChI is InChI=1S/C18H29NOS/c1-13(2)19-18(12-20)9-5-6-16(11-18)21-17-8-7-14(3)10-15(17)4/h7-8,10,13,16,19-20H,5-6,9,11-12H2,1-4H3. The van der Waals surface area contributed by atoms with Gasteiger partial charge in [-0.15, -0.1) is 11.8 Å². The Kier molecular flexibility index (Phi) is 5.75. The van der Waals surface area contributed by atoms with Gasteiger partial charge in [-0.2, -0.15) is 0 Å². The molecule has 1 saturated carbocycles. The molecule has 0 amide bonds. The molecule has 2 rings (SSSR count). The lowest BCUT2D eigenvalue weighted by molar-refractivity contribution is 0.115. The first-order chi connectivity index (χ1) is 9.94. The Hall–Kier alpha value is -0.510. The van der Waals surface area contributed by atoms with Crippen LogP contribution in [0.1, 0.15) is 50.7 Å². The van der Waals surface area contributed by atoms with Crippen LogP contribution in [0, 0.1) is 13.8 Å². The van der Waals surface area contributed by atoms with E-state index in [9.17, 15) is 5.11 Å². The SMILES string of the molecule is Cc1ccc(SC2CCCC(CO)(NC(C)C)C2)c(C)c1. The van der Waals surface area contributed by atoms with E-state index in [4.69, 9.17) is 0 Å². The van der Waals surface area contributed by atoms with Gasteiger partial charge in [0.05, 0.1) is 6.61 Å². The molecule has 0 spiro atoms. The second-order valence-electron chi connectivity index (χ2n) is 6.84. The molecule has 21 heavy (non-hydrogen) atoms. The molecule has 1 aliphatic carbocycles. The third-order valence-electron chi connectivity index (χ3n) is 4.32. The van der Waals surface area contributed by atoms with E-state index in [1.807, 2.05) is 11.8 Å². The zero-order valence-corrected chi connectivity index (χ0v) is 14.6. The molecular weight excluding hydrogens is 278 g/mol. The van der Waals surface area contributed by atoms with Crippen LogP contribution in [-0.2, 0) is 0 Å². The fourth-order valence-electron chi connectivity index (χ4n) is 3.45. The fraction of sp³-hybridized carbons (Fsp3) is 0.667. The first-order valence-electron chi connectivity index (χ1n) is 8.06. The minimum Gasteiger partial charge on any atom is -0.394 e. The van der Waals surface area contributed by atoms with Crippen LogP contribution in [-0.4, -0.2) is 28.5 Å². The monoisotopic (exact) mass is 307 g/mol. The molecule has 1 fully saturated rings. The third kappa shape index (κ3) is 4.48. The lowest BCUT2D eigenvalue weighted by atomic mass is 9.81. The highest BCUT2D eigenvalue weighted by Gasteiger charge is 2.36. The van der Waals surface area contributed by atoms with Gasteiger partial charge in [-0.3, -0.25) is 0 Å². The molecule has 0 radical (unpaired) electrons. The summed E-state index contributed by atoms with van der Waals surface area (Å²) in [5.41, 5.74) is 2.62. The number of aryl methyl sites for hydroxylation is 2. The van der Waals surface area contributed by atoms with E-state index in [1.54, 1.807) is 0 Å². The third-order valence-corrected chi connectivity index (χ3v) is 5.77. The van der Waals surface area contributed by atoms with Crippen molar-refractivity contribution in [1.82, 2.24) is 5.32 Å². The maximum absolute atomic E-state index is 9.89. The van der Waals surface area contributed by atoms with Crippen molar-refractivity contribution >= 4 is 11.8 Å². The van der Waals surface area contributed by atoms with Crippen LogP contribution < -0.4 is 5.32 Å². The van der Waals surface area contributed by atoms with E-state index in [1.165, 1.54) is 28.9 Å². The molecule has 0 saturated heterocycles. The molecular formula is C18H29NOS. The molecule has 2 nitrogen and oxygen atoms in total. The Balaban J connectivity index is 2.06. The number of aliphatic hydroxyl groups is 1. The molecule has 0 bridgehead atoms. The topological polar surface area (TPSA) is 32.3 Å². The predicted molar refractivity (Wildman–Crippen MR) is 92.1 cm³/mol. The summed E-state index contributed by atoms with van der Waals surface area (Å²) in [5.74, 6) is 0. The van der Waals surface area contributed by atoms with Crippen molar-refractivity contribution in [2.45, 2.75) is 75.1 Å². The number of rotatable bonds is 5. The highest BCUT2D eigenvalue weighted by atomic mass is 32.2. The van der Waals surface area contributed by atoms with Crippen molar-refractivity contribution in [3.63, 3.8) is 0 Å². The number of hydrogen-bond acceptors (Lipinski definition) is 3. The number of nitrogens with one attached hydrogen (secondary N) is 1. The summed E-state index contributed by atoms with van der Waals surface area (Å²) in [4.78, 5) is 1.39. The Morgan fingerprint density at radius 2 is 2.14 bits per heavy atom. The summed E-state index contributed by atoms with van der Waals surface area (Å²) < 4.78 is 0. The number of aliphatic hydroxyl groups excluding tert-OH is 1. The summed E-state index contributed by atoms with van der Waals surface area (Å²) in [6, 6.07) is 7.13. The van der Waals surface area contributed by atoms with E-state index in [0.717, 1.165) is 12.8 Å². The molecule has 0 heterocycles. The van der Waals surface area contributed by atoms with Gasteiger partial charge in [-0.05, 0) is 44.7 Å². The largest absolute Gasteiger partial charge is 0.394 e. The molecule has 1 aromatic rings. The average Bonchev–Trinajstić information content (AvgIpc) is 2.41. The molecule has 2 N–H and O–H groups in total. The summed E-state index contributed by atoms with van der Waals surface area (Å²) in [5, 5.41) is 14.1. The Bertz CT molecular complexity index is 474. The average molecular weight is 308 g/mol. The van der Waals surface area contributed by atoms with Crippen LogP contribution in [0.3, 0.4) is 0 Å². The van der Waals surface area contributed by atoms with E-state index in [0.29, 0.717) is 11.3 Å². The van der Waals surface area contributed by atoms with E-state index < -0.39 is 0 Å². The molecule has 3 heteroatoms. The van der Waals surface area contributed by atoms with Crippen molar-refractivity contribution in [2.75, 3.05) is 6.61 Å². The van der Waals surface area contributed by atoms with Crippen molar-refractivity contribution in [1.29, 1.82) is 0 Å². The van der Waals surface area contributed by atoms with Crippen LogP contribution in [0.25, 0.3) is 0 Å². The normalized spacial score (nSPS) is 26.3. The minimum absolute atomic E-state index is 0.0807. The molecule has 1 aliphatic rings.